The summed E-state index contributed by atoms with van der Waals surface area (Å²) in [5, 5.41) is 1.19. The fraction of sp³-hybridized carbons (Fsp3) is 0.308. The molecule has 1 aliphatic rings. The van der Waals surface area contributed by atoms with Crippen molar-refractivity contribution in [3.8, 4) is 0 Å². The van der Waals surface area contributed by atoms with Gasteiger partial charge in [0, 0.05) is 48.3 Å². The van der Waals surface area contributed by atoms with Crippen LogP contribution in [0.4, 0.5) is 5.69 Å². The summed E-state index contributed by atoms with van der Waals surface area (Å²) >= 11 is 1.77. The molecule has 1 aromatic heterocycles. The standard InChI is InChI=1S/C13H14N2OS/c1-14-5-3-9-7-11-12(8-10(9)14)17-6-4-13(16)15(11)2/h3,5,7-8H,4,6H2,1-2H3. The zero-order chi connectivity index (χ0) is 12.0. The molecule has 1 aromatic carbocycles. The van der Waals surface area contributed by atoms with Gasteiger partial charge in [-0.25, -0.2) is 0 Å². The van der Waals surface area contributed by atoms with Gasteiger partial charge in [0.25, 0.3) is 0 Å². The van der Waals surface area contributed by atoms with Crippen molar-refractivity contribution in [1.29, 1.82) is 0 Å². The molecule has 0 saturated heterocycles. The van der Waals surface area contributed by atoms with E-state index in [0.29, 0.717) is 6.42 Å². The highest BCUT2D eigenvalue weighted by Crippen LogP contribution is 2.36. The molecule has 0 atom stereocenters. The van der Waals surface area contributed by atoms with Crippen LogP contribution in [-0.2, 0) is 11.8 Å². The third-order valence-electron chi connectivity index (χ3n) is 3.27. The minimum Gasteiger partial charge on any atom is -0.351 e. The Morgan fingerprint density at radius 2 is 2.12 bits per heavy atom. The summed E-state index contributed by atoms with van der Waals surface area (Å²) in [7, 11) is 3.91. The number of carbonyl (C=O) groups excluding carboxylic acids is 1. The van der Waals surface area contributed by atoms with Crippen LogP contribution in [-0.4, -0.2) is 23.3 Å². The Morgan fingerprint density at radius 1 is 1.29 bits per heavy atom. The van der Waals surface area contributed by atoms with Crippen molar-refractivity contribution in [2.24, 2.45) is 7.05 Å². The number of rotatable bonds is 0. The Balaban J connectivity index is 2.25. The van der Waals surface area contributed by atoms with E-state index in [1.807, 2.05) is 14.1 Å². The highest BCUT2D eigenvalue weighted by atomic mass is 32.2. The Bertz CT molecular complexity index is 603. The van der Waals surface area contributed by atoms with Crippen LogP contribution < -0.4 is 4.90 Å². The van der Waals surface area contributed by atoms with Crippen molar-refractivity contribution < 1.29 is 4.79 Å². The molecule has 0 fully saturated rings. The molecule has 0 spiro atoms. The van der Waals surface area contributed by atoms with Gasteiger partial charge in [-0.15, -0.1) is 11.8 Å². The van der Waals surface area contributed by atoms with Gasteiger partial charge >= 0.3 is 0 Å². The first-order valence-electron chi connectivity index (χ1n) is 5.65. The van der Waals surface area contributed by atoms with E-state index in [9.17, 15) is 4.79 Å². The first-order chi connectivity index (χ1) is 8.16. The lowest BCUT2D eigenvalue weighted by Gasteiger charge is -2.17. The van der Waals surface area contributed by atoms with Crippen molar-refractivity contribution >= 4 is 34.3 Å². The van der Waals surface area contributed by atoms with E-state index in [2.05, 4.69) is 29.0 Å². The Labute approximate surface area is 104 Å². The topological polar surface area (TPSA) is 25.2 Å². The second-order valence-corrected chi connectivity index (χ2v) is 5.49. The fourth-order valence-electron chi connectivity index (χ4n) is 2.21. The number of amides is 1. The van der Waals surface area contributed by atoms with Gasteiger partial charge in [-0.1, -0.05) is 0 Å². The largest absolute Gasteiger partial charge is 0.351 e. The van der Waals surface area contributed by atoms with Gasteiger partial charge in [0.05, 0.1) is 5.69 Å². The third-order valence-corrected chi connectivity index (χ3v) is 4.32. The summed E-state index contributed by atoms with van der Waals surface area (Å²) in [6.07, 6.45) is 2.67. The SMILES string of the molecule is CN1C(=O)CCSc2cc3c(ccn3C)cc21. The highest BCUT2D eigenvalue weighted by Gasteiger charge is 2.20. The van der Waals surface area contributed by atoms with E-state index < -0.39 is 0 Å². The molecule has 0 aliphatic carbocycles. The minimum atomic E-state index is 0.200. The van der Waals surface area contributed by atoms with Crippen LogP contribution in [0.3, 0.4) is 0 Å². The van der Waals surface area contributed by atoms with Crippen molar-refractivity contribution in [2.45, 2.75) is 11.3 Å². The van der Waals surface area contributed by atoms with E-state index in [1.54, 1.807) is 16.7 Å². The van der Waals surface area contributed by atoms with Gasteiger partial charge in [0.15, 0.2) is 0 Å². The predicted molar refractivity (Wildman–Crippen MR) is 71.7 cm³/mol. The molecular weight excluding hydrogens is 232 g/mol. The number of benzene rings is 1. The average Bonchev–Trinajstić information content (AvgIpc) is 2.62. The number of hydrogen-bond donors (Lipinski definition) is 0. The number of carbonyl (C=O) groups is 1. The molecule has 17 heavy (non-hydrogen) atoms. The van der Waals surface area contributed by atoms with Gasteiger partial charge < -0.3 is 9.47 Å². The second-order valence-electron chi connectivity index (χ2n) is 4.36. The van der Waals surface area contributed by atoms with Crippen molar-refractivity contribution in [1.82, 2.24) is 4.57 Å². The van der Waals surface area contributed by atoms with Gasteiger partial charge in [0.2, 0.25) is 5.91 Å². The molecule has 2 heterocycles. The number of thioether (sulfide) groups is 1. The number of aromatic nitrogens is 1. The first-order valence-corrected chi connectivity index (χ1v) is 6.64. The number of anilines is 1. The quantitative estimate of drug-likeness (QED) is 0.714. The fourth-order valence-corrected chi connectivity index (χ4v) is 3.25. The number of aryl methyl sites for hydroxylation is 1. The zero-order valence-corrected chi connectivity index (χ0v) is 10.8. The molecule has 0 unspecified atom stereocenters. The van der Waals surface area contributed by atoms with Crippen LogP contribution in [0.2, 0.25) is 0 Å². The summed E-state index contributed by atoms with van der Waals surface area (Å²) in [5.41, 5.74) is 2.26. The maximum atomic E-state index is 11.8. The molecule has 0 radical (unpaired) electrons. The van der Waals surface area contributed by atoms with Crippen LogP contribution in [0, 0.1) is 0 Å². The summed E-state index contributed by atoms with van der Waals surface area (Å²) < 4.78 is 2.11. The molecule has 0 N–H and O–H groups in total. The summed E-state index contributed by atoms with van der Waals surface area (Å²) in [6, 6.07) is 6.38. The normalized spacial score (nSPS) is 16.1. The average molecular weight is 246 g/mol. The smallest absolute Gasteiger partial charge is 0.227 e. The zero-order valence-electron chi connectivity index (χ0n) is 9.93. The lowest BCUT2D eigenvalue weighted by Crippen LogP contribution is -2.25. The van der Waals surface area contributed by atoms with Gasteiger partial charge in [-0.05, 0) is 18.2 Å². The second kappa shape index (κ2) is 3.81. The molecule has 3 rings (SSSR count). The molecule has 3 nitrogen and oxygen atoms in total. The van der Waals surface area contributed by atoms with E-state index in [1.165, 1.54) is 15.8 Å². The molecular formula is C13H14N2OS. The van der Waals surface area contributed by atoms with Crippen LogP contribution in [0.1, 0.15) is 6.42 Å². The molecule has 4 heteroatoms. The van der Waals surface area contributed by atoms with Crippen molar-refractivity contribution in [3.05, 3.63) is 24.4 Å². The van der Waals surface area contributed by atoms with Crippen molar-refractivity contribution in [2.75, 3.05) is 17.7 Å². The lowest BCUT2D eigenvalue weighted by molar-refractivity contribution is -0.117. The van der Waals surface area contributed by atoms with Gasteiger partial charge in [-0.3, -0.25) is 4.79 Å². The monoisotopic (exact) mass is 246 g/mol. The Hall–Kier alpha value is -1.42. The summed E-state index contributed by atoms with van der Waals surface area (Å²) in [5.74, 6) is 1.07. The Kier molecular flexibility index (Phi) is 2.40. The summed E-state index contributed by atoms with van der Waals surface area (Å²) in [4.78, 5) is 14.8. The Morgan fingerprint density at radius 3 is 2.94 bits per heavy atom. The first kappa shape index (κ1) is 10.7. The third kappa shape index (κ3) is 1.63. The number of hydrogen-bond acceptors (Lipinski definition) is 2. The molecule has 0 saturated carbocycles. The van der Waals surface area contributed by atoms with Gasteiger partial charge in [-0.2, -0.15) is 0 Å². The van der Waals surface area contributed by atoms with E-state index in [4.69, 9.17) is 0 Å². The van der Waals surface area contributed by atoms with Crippen LogP contribution >= 0.6 is 11.8 Å². The molecule has 1 aliphatic heterocycles. The highest BCUT2D eigenvalue weighted by molar-refractivity contribution is 7.99. The molecule has 0 bridgehead atoms. The molecule has 1 amide bonds. The van der Waals surface area contributed by atoms with Crippen LogP contribution in [0.25, 0.3) is 10.9 Å². The number of nitrogens with zero attached hydrogens (tertiary/aromatic N) is 2. The predicted octanol–water partition coefficient (Wildman–Crippen LogP) is 2.64. The van der Waals surface area contributed by atoms with Crippen LogP contribution in [0.5, 0.6) is 0 Å². The minimum absolute atomic E-state index is 0.200. The van der Waals surface area contributed by atoms with Crippen molar-refractivity contribution in [3.63, 3.8) is 0 Å². The summed E-state index contributed by atoms with van der Waals surface area (Å²) in [6.45, 7) is 0. The van der Waals surface area contributed by atoms with Gasteiger partial charge in [0.1, 0.15) is 0 Å². The van der Waals surface area contributed by atoms with E-state index in [0.717, 1.165) is 11.4 Å². The maximum Gasteiger partial charge on any atom is 0.227 e. The molecule has 2 aromatic rings. The molecule has 88 valence electrons. The lowest BCUT2D eigenvalue weighted by atomic mass is 10.2. The van der Waals surface area contributed by atoms with E-state index >= 15 is 0 Å². The number of fused-ring (bicyclic) bond motifs is 2. The maximum absolute atomic E-state index is 11.8. The van der Waals surface area contributed by atoms with Crippen LogP contribution in [0.15, 0.2) is 29.3 Å². The van der Waals surface area contributed by atoms with E-state index in [-0.39, 0.29) is 5.91 Å².